The highest BCUT2D eigenvalue weighted by Crippen LogP contribution is 2.27. The number of anilines is 1. The van der Waals surface area contributed by atoms with E-state index in [-0.39, 0.29) is 12.3 Å². The summed E-state index contributed by atoms with van der Waals surface area (Å²) in [6, 6.07) is 4.38. The number of rotatable bonds is 8. The summed E-state index contributed by atoms with van der Waals surface area (Å²) >= 11 is 5.99. The third kappa shape index (κ3) is 5.04. The molecule has 0 saturated heterocycles. The van der Waals surface area contributed by atoms with Crippen LogP contribution in [0.15, 0.2) is 18.2 Å². The maximum Gasteiger partial charge on any atom is 0.271 e. The molecule has 0 amide bonds. The summed E-state index contributed by atoms with van der Waals surface area (Å²) in [7, 11) is 0. The van der Waals surface area contributed by atoms with Gasteiger partial charge in [-0.15, -0.1) is 0 Å². The van der Waals surface area contributed by atoms with Gasteiger partial charge in [-0.05, 0) is 24.8 Å². The van der Waals surface area contributed by atoms with Crippen molar-refractivity contribution in [2.45, 2.75) is 26.2 Å². The normalized spacial score (nSPS) is 12.2. The van der Waals surface area contributed by atoms with E-state index in [1.165, 1.54) is 12.1 Å². The number of halogens is 1. The Morgan fingerprint density at radius 2 is 2.21 bits per heavy atom. The molecule has 0 aliphatic heterocycles. The van der Waals surface area contributed by atoms with Gasteiger partial charge in [-0.1, -0.05) is 24.9 Å². The molecular weight excluding hydrogens is 268 g/mol. The van der Waals surface area contributed by atoms with E-state index in [1.807, 2.05) is 0 Å². The lowest BCUT2D eigenvalue weighted by atomic mass is 10.0. The second-order valence-corrected chi connectivity index (χ2v) is 4.88. The number of nitrogens with zero attached hydrogens (tertiary/aromatic N) is 1. The van der Waals surface area contributed by atoms with Crippen molar-refractivity contribution in [1.82, 2.24) is 0 Å². The molecule has 5 nitrogen and oxygen atoms in total. The van der Waals surface area contributed by atoms with Crippen LogP contribution in [0.3, 0.4) is 0 Å². The lowest BCUT2D eigenvalue weighted by Crippen LogP contribution is -2.15. The molecule has 6 heteroatoms. The monoisotopic (exact) mass is 286 g/mol. The highest BCUT2D eigenvalue weighted by Gasteiger charge is 2.11. The summed E-state index contributed by atoms with van der Waals surface area (Å²) in [5, 5.41) is 23.1. The van der Waals surface area contributed by atoms with Crippen molar-refractivity contribution in [3.8, 4) is 0 Å². The molecule has 0 spiro atoms. The highest BCUT2D eigenvalue weighted by atomic mass is 35.5. The minimum absolute atomic E-state index is 0.0176. The van der Waals surface area contributed by atoms with Crippen LogP contribution in [0, 0.1) is 16.0 Å². The van der Waals surface area contributed by atoms with Crippen LogP contribution in [0.1, 0.15) is 26.2 Å². The van der Waals surface area contributed by atoms with Gasteiger partial charge in [-0.2, -0.15) is 0 Å². The van der Waals surface area contributed by atoms with Crippen LogP contribution < -0.4 is 5.32 Å². The molecule has 0 fully saturated rings. The van der Waals surface area contributed by atoms with Gasteiger partial charge in [0.25, 0.3) is 5.69 Å². The SMILES string of the molecule is CCCC(CCO)CNc1ccc([N+](=O)[O-])cc1Cl. The van der Waals surface area contributed by atoms with E-state index < -0.39 is 4.92 Å². The predicted molar refractivity (Wildman–Crippen MR) is 76.7 cm³/mol. The largest absolute Gasteiger partial charge is 0.396 e. The molecule has 19 heavy (non-hydrogen) atoms. The van der Waals surface area contributed by atoms with Crippen molar-refractivity contribution in [1.29, 1.82) is 0 Å². The Bertz CT molecular complexity index is 420. The number of nitrogens with one attached hydrogen (secondary N) is 1. The fourth-order valence-corrected chi connectivity index (χ4v) is 2.20. The maximum absolute atomic E-state index is 10.6. The van der Waals surface area contributed by atoms with Crippen molar-refractivity contribution < 1.29 is 10.0 Å². The van der Waals surface area contributed by atoms with Gasteiger partial charge in [0.1, 0.15) is 0 Å². The van der Waals surface area contributed by atoms with Gasteiger partial charge < -0.3 is 10.4 Å². The fraction of sp³-hybridized carbons (Fsp3) is 0.538. The summed E-state index contributed by atoms with van der Waals surface area (Å²) < 4.78 is 0. The molecule has 0 radical (unpaired) electrons. The van der Waals surface area contributed by atoms with E-state index in [0.29, 0.717) is 23.2 Å². The Balaban J connectivity index is 2.63. The molecule has 0 aliphatic carbocycles. The quantitative estimate of drug-likeness (QED) is 0.567. The molecule has 2 N–H and O–H groups in total. The third-order valence-electron chi connectivity index (χ3n) is 2.98. The zero-order chi connectivity index (χ0) is 14.3. The van der Waals surface area contributed by atoms with E-state index in [0.717, 1.165) is 19.3 Å². The Kier molecular flexibility index (Phi) is 6.59. The van der Waals surface area contributed by atoms with Gasteiger partial charge in [-0.25, -0.2) is 0 Å². The summed E-state index contributed by atoms with van der Waals surface area (Å²) in [5.41, 5.74) is 0.669. The van der Waals surface area contributed by atoms with E-state index >= 15 is 0 Å². The molecule has 0 saturated carbocycles. The van der Waals surface area contributed by atoms with Crippen LogP contribution in [-0.4, -0.2) is 23.2 Å². The number of hydrogen-bond donors (Lipinski definition) is 2. The lowest BCUT2D eigenvalue weighted by Gasteiger charge is -2.17. The van der Waals surface area contributed by atoms with Gasteiger partial charge in [0.05, 0.1) is 15.6 Å². The summed E-state index contributed by atoms with van der Waals surface area (Å²) in [4.78, 5) is 10.1. The molecule has 1 unspecified atom stereocenters. The molecule has 0 heterocycles. The lowest BCUT2D eigenvalue weighted by molar-refractivity contribution is -0.384. The van der Waals surface area contributed by atoms with Crippen LogP contribution in [0.5, 0.6) is 0 Å². The Labute approximate surface area is 117 Å². The van der Waals surface area contributed by atoms with E-state index in [4.69, 9.17) is 16.7 Å². The van der Waals surface area contributed by atoms with Crippen LogP contribution in [0.4, 0.5) is 11.4 Å². The Morgan fingerprint density at radius 3 is 2.74 bits per heavy atom. The molecule has 0 bridgehead atoms. The maximum atomic E-state index is 10.6. The number of nitro benzene ring substituents is 1. The van der Waals surface area contributed by atoms with Crippen molar-refractivity contribution in [3.05, 3.63) is 33.3 Å². The van der Waals surface area contributed by atoms with Gasteiger partial charge in [0.15, 0.2) is 0 Å². The van der Waals surface area contributed by atoms with Crippen LogP contribution in [-0.2, 0) is 0 Å². The van der Waals surface area contributed by atoms with Gasteiger partial charge >= 0.3 is 0 Å². The number of hydrogen-bond acceptors (Lipinski definition) is 4. The molecule has 1 aromatic carbocycles. The van der Waals surface area contributed by atoms with Crippen molar-refractivity contribution >= 4 is 23.0 Å². The number of nitro groups is 1. The molecule has 1 rings (SSSR count). The van der Waals surface area contributed by atoms with Crippen LogP contribution in [0.25, 0.3) is 0 Å². The minimum Gasteiger partial charge on any atom is -0.396 e. The van der Waals surface area contributed by atoms with E-state index in [9.17, 15) is 10.1 Å². The van der Waals surface area contributed by atoms with Crippen LogP contribution in [0.2, 0.25) is 5.02 Å². The highest BCUT2D eigenvalue weighted by molar-refractivity contribution is 6.33. The second-order valence-electron chi connectivity index (χ2n) is 4.47. The number of aliphatic hydroxyl groups excluding tert-OH is 1. The first-order valence-electron chi connectivity index (χ1n) is 6.37. The molecule has 1 atom stereocenters. The smallest absolute Gasteiger partial charge is 0.271 e. The zero-order valence-corrected chi connectivity index (χ0v) is 11.7. The summed E-state index contributed by atoms with van der Waals surface area (Å²) in [5.74, 6) is 0.376. The average molecular weight is 287 g/mol. The van der Waals surface area contributed by atoms with Crippen molar-refractivity contribution in [2.75, 3.05) is 18.5 Å². The molecular formula is C13H19ClN2O3. The first kappa shape index (κ1) is 15.7. The van der Waals surface area contributed by atoms with Crippen LogP contribution >= 0.6 is 11.6 Å². The van der Waals surface area contributed by atoms with Crippen molar-refractivity contribution in [3.63, 3.8) is 0 Å². The fourth-order valence-electron chi connectivity index (χ4n) is 1.95. The predicted octanol–water partition coefficient (Wildman–Crippen LogP) is 3.46. The third-order valence-corrected chi connectivity index (χ3v) is 3.29. The number of aliphatic hydroxyl groups is 1. The Morgan fingerprint density at radius 1 is 1.47 bits per heavy atom. The van der Waals surface area contributed by atoms with E-state index in [2.05, 4.69) is 12.2 Å². The average Bonchev–Trinajstić information content (AvgIpc) is 2.37. The Hall–Kier alpha value is -1.33. The number of benzene rings is 1. The number of non-ortho nitro benzene ring substituents is 1. The first-order valence-corrected chi connectivity index (χ1v) is 6.75. The molecule has 0 aliphatic rings. The van der Waals surface area contributed by atoms with Gasteiger partial charge in [-0.3, -0.25) is 10.1 Å². The van der Waals surface area contributed by atoms with Gasteiger partial charge in [0, 0.05) is 25.3 Å². The second kappa shape index (κ2) is 7.96. The zero-order valence-electron chi connectivity index (χ0n) is 10.9. The summed E-state index contributed by atoms with van der Waals surface area (Å²) in [6.45, 7) is 2.97. The molecule has 0 aromatic heterocycles. The first-order chi connectivity index (χ1) is 9.08. The van der Waals surface area contributed by atoms with Crippen molar-refractivity contribution in [2.24, 2.45) is 5.92 Å². The standard InChI is InChI=1S/C13H19ClN2O3/c1-2-3-10(6-7-17)9-15-13-5-4-11(16(18)19)8-12(13)14/h4-5,8,10,15,17H,2-3,6-7,9H2,1H3. The molecule has 106 valence electrons. The topological polar surface area (TPSA) is 75.4 Å². The van der Waals surface area contributed by atoms with Gasteiger partial charge in [0.2, 0.25) is 0 Å². The summed E-state index contributed by atoms with van der Waals surface area (Å²) in [6.07, 6.45) is 2.82. The minimum atomic E-state index is -0.471. The molecule has 1 aromatic rings. The van der Waals surface area contributed by atoms with E-state index in [1.54, 1.807) is 6.07 Å².